The Kier molecular flexibility index (Phi) is 3.84. The highest BCUT2D eigenvalue weighted by atomic mass is 16.6. The Labute approximate surface area is 144 Å². The summed E-state index contributed by atoms with van der Waals surface area (Å²) >= 11 is 0. The van der Waals surface area contributed by atoms with Crippen molar-refractivity contribution in [3.8, 4) is 6.07 Å². The van der Waals surface area contributed by atoms with Crippen LogP contribution in [0, 0.1) is 26.9 Å². The van der Waals surface area contributed by atoms with Gasteiger partial charge in [-0.05, 0) is 23.1 Å². The smallest absolute Gasteiger partial charge is 0.269 e. The molecule has 7 heteroatoms. The molecule has 0 aromatic heterocycles. The van der Waals surface area contributed by atoms with Crippen LogP contribution in [0.25, 0.3) is 0 Å². The zero-order valence-corrected chi connectivity index (χ0v) is 13.9. The highest BCUT2D eigenvalue weighted by Gasteiger charge is 2.41. The number of nitriles is 1. The summed E-state index contributed by atoms with van der Waals surface area (Å²) in [5, 5.41) is 20.3. The molecule has 25 heavy (non-hydrogen) atoms. The van der Waals surface area contributed by atoms with Crippen LogP contribution in [0.2, 0.25) is 0 Å². The van der Waals surface area contributed by atoms with Gasteiger partial charge >= 0.3 is 0 Å². The molecule has 1 atom stereocenters. The van der Waals surface area contributed by atoms with E-state index in [1.807, 2.05) is 19.9 Å². The SMILES string of the molecule is CC1(C)CC(=O)C2=C(C1)OC(c1ccc([N+](=O)[O-])cc1)C(C#N)=C2N. The number of ether oxygens (including phenoxy) is 1. The molecule has 1 aliphatic carbocycles. The lowest BCUT2D eigenvalue weighted by Gasteiger charge is -2.37. The number of carbonyl (C=O) groups is 1. The first kappa shape index (κ1) is 16.7. The van der Waals surface area contributed by atoms with Crippen molar-refractivity contribution in [3.05, 3.63) is 62.5 Å². The first-order valence-electron chi connectivity index (χ1n) is 7.81. The van der Waals surface area contributed by atoms with Crippen molar-refractivity contribution in [2.24, 2.45) is 11.1 Å². The minimum absolute atomic E-state index is 0.0519. The average molecular weight is 339 g/mol. The fourth-order valence-corrected chi connectivity index (χ4v) is 3.27. The lowest BCUT2D eigenvalue weighted by atomic mass is 9.74. The van der Waals surface area contributed by atoms with Gasteiger partial charge in [-0.15, -0.1) is 0 Å². The number of Topliss-reactive ketones (excluding diaryl/α,β-unsaturated/α-hetero) is 1. The maximum absolute atomic E-state index is 12.4. The number of hydrogen-bond acceptors (Lipinski definition) is 6. The Bertz CT molecular complexity index is 873. The Morgan fingerprint density at radius 3 is 2.52 bits per heavy atom. The van der Waals surface area contributed by atoms with Gasteiger partial charge in [0.15, 0.2) is 11.9 Å². The molecule has 1 aliphatic heterocycles. The summed E-state index contributed by atoms with van der Waals surface area (Å²) in [6, 6.07) is 7.80. The van der Waals surface area contributed by atoms with Gasteiger partial charge in [-0.2, -0.15) is 5.26 Å². The molecule has 1 heterocycles. The quantitative estimate of drug-likeness (QED) is 0.653. The van der Waals surface area contributed by atoms with E-state index in [4.69, 9.17) is 10.5 Å². The van der Waals surface area contributed by atoms with Gasteiger partial charge in [0.1, 0.15) is 11.8 Å². The average Bonchev–Trinajstić information content (AvgIpc) is 2.53. The minimum Gasteiger partial charge on any atom is -0.484 e. The van der Waals surface area contributed by atoms with Gasteiger partial charge in [0, 0.05) is 25.0 Å². The topological polar surface area (TPSA) is 119 Å². The first-order valence-corrected chi connectivity index (χ1v) is 7.81. The van der Waals surface area contributed by atoms with Crippen molar-refractivity contribution >= 4 is 11.5 Å². The van der Waals surface area contributed by atoms with Crippen LogP contribution in [-0.2, 0) is 9.53 Å². The maximum Gasteiger partial charge on any atom is 0.269 e. The Hall–Kier alpha value is -3.14. The van der Waals surface area contributed by atoms with Crippen LogP contribution in [0.3, 0.4) is 0 Å². The summed E-state index contributed by atoms with van der Waals surface area (Å²) in [5.74, 6) is 0.361. The van der Waals surface area contributed by atoms with Gasteiger partial charge in [-0.25, -0.2) is 0 Å². The second kappa shape index (κ2) is 5.74. The van der Waals surface area contributed by atoms with E-state index in [9.17, 15) is 20.2 Å². The number of allylic oxidation sites excluding steroid dienone is 2. The molecule has 1 aromatic carbocycles. The van der Waals surface area contributed by atoms with Crippen LogP contribution >= 0.6 is 0 Å². The molecule has 1 aromatic rings. The van der Waals surface area contributed by atoms with Crippen LogP contribution in [0.4, 0.5) is 5.69 Å². The van der Waals surface area contributed by atoms with E-state index in [-0.39, 0.29) is 28.2 Å². The lowest BCUT2D eigenvalue weighted by molar-refractivity contribution is -0.384. The number of benzene rings is 1. The third-order valence-corrected chi connectivity index (χ3v) is 4.44. The highest BCUT2D eigenvalue weighted by molar-refractivity contribution is 6.01. The summed E-state index contributed by atoms with van der Waals surface area (Å²) < 4.78 is 5.99. The van der Waals surface area contributed by atoms with Crippen molar-refractivity contribution in [2.75, 3.05) is 0 Å². The molecule has 2 N–H and O–H groups in total. The number of rotatable bonds is 2. The number of nitrogens with zero attached hydrogens (tertiary/aromatic N) is 2. The third kappa shape index (κ3) is 2.87. The predicted molar refractivity (Wildman–Crippen MR) is 88.8 cm³/mol. The van der Waals surface area contributed by atoms with Crippen molar-refractivity contribution in [3.63, 3.8) is 0 Å². The zero-order valence-electron chi connectivity index (χ0n) is 13.9. The van der Waals surface area contributed by atoms with Gasteiger partial charge in [-0.1, -0.05) is 13.8 Å². The Balaban J connectivity index is 2.05. The molecular weight excluding hydrogens is 322 g/mol. The second-order valence-electron chi connectivity index (χ2n) is 7.02. The summed E-state index contributed by atoms with van der Waals surface area (Å²) in [7, 11) is 0. The largest absolute Gasteiger partial charge is 0.484 e. The molecule has 0 spiro atoms. The Morgan fingerprint density at radius 2 is 1.96 bits per heavy atom. The normalized spacial score (nSPS) is 22.1. The van der Waals surface area contributed by atoms with Gasteiger partial charge < -0.3 is 10.5 Å². The van der Waals surface area contributed by atoms with Gasteiger partial charge in [-0.3, -0.25) is 14.9 Å². The van der Waals surface area contributed by atoms with Crippen molar-refractivity contribution in [1.82, 2.24) is 0 Å². The molecule has 0 fully saturated rings. The molecule has 0 amide bonds. The van der Waals surface area contributed by atoms with Crippen LogP contribution < -0.4 is 5.73 Å². The van der Waals surface area contributed by atoms with Crippen molar-refractivity contribution in [1.29, 1.82) is 5.26 Å². The zero-order chi connectivity index (χ0) is 18.4. The fraction of sp³-hybridized carbons (Fsp3) is 0.333. The summed E-state index contributed by atoms with van der Waals surface area (Å²) in [4.78, 5) is 22.8. The summed E-state index contributed by atoms with van der Waals surface area (Å²) in [5.41, 5.74) is 6.99. The van der Waals surface area contributed by atoms with Crippen LogP contribution in [0.15, 0.2) is 46.9 Å². The lowest BCUT2D eigenvalue weighted by Crippen LogP contribution is -2.33. The predicted octanol–water partition coefficient (Wildman–Crippen LogP) is 3.05. The first-order chi connectivity index (χ1) is 11.7. The molecule has 7 nitrogen and oxygen atoms in total. The van der Waals surface area contributed by atoms with Crippen molar-refractivity contribution < 1.29 is 14.5 Å². The van der Waals surface area contributed by atoms with Crippen LogP contribution in [-0.4, -0.2) is 10.7 Å². The number of ketones is 1. The van der Waals surface area contributed by atoms with Gasteiger partial charge in [0.25, 0.3) is 5.69 Å². The van der Waals surface area contributed by atoms with Gasteiger partial charge in [0.2, 0.25) is 0 Å². The monoisotopic (exact) mass is 339 g/mol. The number of nitro benzene ring substituents is 1. The van der Waals surface area contributed by atoms with E-state index in [0.717, 1.165) is 0 Å². The van der Waals surface area contributed by atoms with E-state index in [0.29, 0.717) is 29.7 Å². The summed E-state index contributed by atoms with van der Waals surface area (Å²) in [6.45, 7) is 3.94. The molecule has 0 radical (unpaired) electrons. The van der Waals surface area contributed by atoms with Gasteiger partial charge in [0.05, 0.1) is 21.8 Å². The number of carbonyl (C=O) groups excluding carboxylic acids is 1. The fourth-order valence-electron chi connectivity index (χ4n) is 3.27. The molecule has 0 saturated heterocycles. The summed E-state index contributed by atoms with van der Waals surface area (Å²) in [6.07, 6.45) is 0.111. The maximum atomic E-state index is 12.4. The van der Waals surface area contributed by atoms with Crippen LogP contribution in [0.1, 0.15) is 38.4 Å². The number of nitro groups is 1. The highest BCUT2D eigenvalue weighted by Crippen LogP contribution is 2.45. The molecule has 0 bridgehead atoms. The van der Waals surface area contributed by atoms with E-state index in [1.165, 1.54) is 24.3 Å². The second-order valence-corrected chi connectivity index (χ2v) is 7.02. The van der Waals surface area contributed by atoms with E-state index in [1.54, 1.807) is 0 Å². The standard InChI is InChI=1S/C18H17N3O4/c1-18(2)7-13(22)15-14(8-18)25-17(12(9-19)16(15)20)10-3-5-11(6-4-10)21(23)24/h3-6,17H,7-8,20H2,1-2H3. The van der Waals surface area contributed by atoms with E-state index in [2.05, 4.69) is 0 Å². The van der Waals surface area contributed by atoms with E-state index >= 15 is 0 Å². The van der Waals surface area contributed by atoms with Crippen LogP contribution in [0.5, 0.6) is 0 Å². The molecule has 3 rings (SSSR count). The molecule has 128 valence electrons. The Morgan fingerprint density at radius 1 is 1.32 bits per heavy atom. The van der Waals surface area contributed by atoms with Crippen molar-refractivity contribution in [2.45, 2.75) is 32.8 Å². The molecule has 0 saturated carbocycles. The number of hydrogen-bond donors (Lipinski definition) is 1. The molecule has 1 unspecified atom stereocenters. The third-order valence-electron chi connectivity index (χ3n) is 4.44. The van der Waals surface area contributed by atoms with E-state index < -0.39 is 11.0 Å². The minimum atomic E-state index is -0.772. The molecule has 2 aliphatic rings. The number of non-ortho nitro benzene ring substituents is 1. The molecular formula is C18H17N3O4. The number of nitrogens with two attached hydrogens (primary N) is 1.